The van der Waals surface area contributed by atoms with Gasteiger partial charge in [-0.2, -0.15) is 5.10 Å². The zero-order valence-corrected chi connectivity index (χ0v) is 17.0. The summed E-state index contributed by atoms with van der Waals surface area (Å²) in [5, 5.41) is 7.53. The lowest BCUT2D eigenvalue weighted by atomic mass is 10.1. The predicted octanol–water partition coefficient (Wildman–Crippen LogP) is 5.11. The van der Waals surface area contributed by atoms with Crippen LogP contribution >= 0.6 is 34.3 Å². The van der Waals surface area contributed by atoms with Crippen molar-refractivity contribution in [1.82, 2.24) is 5.43 Å². The molecule has 0 radical (unpaired) electrons. The van der Waals surface area contributed by atoms with Gasteiger partial charge in [0.1, 0.15) is 5.00 Å². The number of hydrogen-bond donors (Lipinski definition) is 2. The fourth-order valence-corrected chi connectivity index (χ4v) is 5.11. The molecule has 2 N–H and O–H groups in total. The number of thiophene rings is 2. The highest BCUT2D eigenvalue weighted by Gasteiger charge is 2.26. The van der Waals surface area contributed by atoms with Crippen molar-refractivity contribution in [3.05, 3.63) is 37.4 Å². The third-order valence-electron chi connectivity index (χ3n) is 4.05. The van der Waals surface area contributed by atoms with Gasteiger partial charge in [0.2, 0.25) is 0 Å². The lowest BCUT2D eigenvalue weighted by Gasteiger charge is -2.07. The molecule has 2 aromatic rings. The van der Waals surface area contributed by atoms with Crippen LogP contribution in [0.15, 0.2) is 17.2 Å². The Hall–Kier alpha value is -1.70. The van der Waals surface area contributed by atoms with Crippen molar-refractivity contribution in [3.8, 4) is 0 Å². The molecule has 0 fully saturated rings. The molecule has 0 saturated heterocycles. The quantitative estimate of drug-likeness (QED) is 0.418. The Morgan fingerprint density at radius 3 is 2.54 bits per heavy atom. The van der Waals surface area contributed by atoms with Crippen LogP contribution in [0.2, 0.25) is 4.34 Å². The summed E-state index contributed by atoms with van der Waals surface area (Å²) in [4.78, 5) is 27.0. The van der Waals surface area contributed by atoms with Gasteiger partial charge < -0.3 is 5.32 Å². The minimum Gasteiger partial charge on any atom is -0.312 e. The van der Waals surface area contributed by atoms with Crippen molar-refractivity contribution in [1.29, 1.82) is 0 Å². The SMILES string of the molecule is CC(C)=NNC(=O)c1c(NC(=O)c2ccc(Cl)s2)sc2c1CCCCC2. The average molecular weight is 410 g/mol. The lowest BCUT2D eigenvalue weighted by Crippen LogP contribution is -2.22. The molecule has 2 aromatic heterocycles. The maximum Gasteiger partial charge on any atom is 0.274 e. The third-order valence-corrected chi connectivity index (χ3v) is 6.49. The van der Waals surface area contributed by atoms with Crippen molar-refractivity contribution in [2.75, 3.05) is 5.32 Å². The summed E-state index contributed by atoms with van der Waals surface area (Å²) in [5.74, 6) is -0.521. The first-order chi connectivity index (χ1) is 12.5. The van der Waals surface area contributed by atoms with Crippen LogP contribution in [0, 0.1) is 0 Å². The number of fused-ring (bicyclic) bond motifs is 1. The first-order valence-corrected chi connectivity index (χ1v) is 10.5. The Bertz CT molecular complexity index is 866. The number of aryl methyl sites for hydroxylation is 1. The molecule has 0 aliphatic heterocycles. The van der Waals surface area contributed by atoms with E-state index >= 15 is 0 Å². The highest BCUT2D eigenvalue weighted by atomic mass is 35.5. The lowest BCUT2D eigenvalue weighted by molar-refractivity contribution is 0.0955. The van der Waals surface area contributed by atoms with E-state index in [1.165, 1.54) is 27.6 Å². The van der Waals surface area contributed by atoms with Gasteiger partial charge in [0.25, 0.3) is 11.8 Å². The topological polar surface area (TPSA) is 70.6 Å². The average Bonchev–Trinajstić information content (AvgIpc) is 3.09. The molecule has 0 bridgehead atoms. The van der Waals surface area contributed by atoms with Crippen molar-refractivity contribution >= 4 is 56.8 Å². The van der Waals surface area contributed by atoms with Gasteiger partial charge >= 0.3 is 0 Å². The van der Waals surface area contributed by atoms with E-state index in [9.17, 15) is 9.59 Å². The van der Waals surface area contributed by atoms with Gasteiger partial charge in [-0.15, -0.1) is 22.7 Å². The van der Waals surface area contributed by atoms with Crippen LogP contribution in [0.4, 0.5) is 5.00 Å². The second-order valence-corrected chi connectivity index (χ2v) is 9.15. The summed E-state index contributed by atoms with van der Waals surface area (Å²) in [6, 6.07) is 3.38. The fraction of sp³-hybridized carbons (Fsp3) is 0.389. The van der Waals surface area contributed by atoms with Gasteiger partial charge in [-0.05, 0) is 57.2 Å². The Balaban J connectivity index is 1.94. The summed E-state index contributed by atoms with van der Waals surface area (Å²) >= 11 is 8.64. The molecule has 0 spiro atoms. The van der Waals surface area contributed by atoms with Crippen molar-refractivity contribution in [2.45, 2.75) is 46.0 Å². The largest absolute Gasteiger partial charge is 0.312 e. The number of nitrogens with zero attached hydrogens (tertiary/aromatic N) is 1. The van der Waals surface area contributed by atoms with Crippen LogP contribution in [0.3, 0.4) is 0 Å². The molecule has 1 aliphatic rings. The zero-order chi connectivity index (χ0) is 18.7. The number of hydrogen-bond acceptors (Lipinski definition) is 5. The summed E-state index contributed by atoms with van der Waals surface area (Å²) in [6.07, 6.45) is 5.11. The van der Waals surface area contributed by atoms with E-state index in [0.29, 0.717) is 19.8 Å². The standard InChI is InChI=1S/C18H20ClN3O2S2/c1-10(2)21-22-17(24)15-11-6-4-3-5-7-12(11)26-18(15)20-16(23)13-8-9-14(19)25-13/h8-9H,3-7H2,1-2H3,(H,20,23)(H,22,24). The molecule has 0 atom stereocenters. The van der Waals surface area contributed by atoms with E-state index in [4.69, 9.17) is 11.6 Å². The van der Waals surface area contributed by atoms with E-state index in [0.717, 1.165) is 43.4 Å². The Morgan fingerprint density at radius 2 is 1.85 bits per heavy atom. The molecule has 5 nitrogen and oxygen atoms in total. The first-order valence-electron chi connectivity index (χ1n) is 8.48. The van der Waals surface area contributed by atoms with Crippen LogP contribution in [0.1, 0.15) is 63.6 Å². The summed E-state index contributed by atoms with van der Waals surface area (Å²) in [5.41, 5.74) is 4.96. The molecule has 138 valence electrons. The minimum absolute atomic E-state index is 0.248. The van der Waals surface area contributed by atoms with Crippen LogP contribution in [-0.2, 0) is 12.8 Å². The molecule has 2 amide bonds. The van der Waals surface area contributed by atoms with Crippen LogP contribution in [0.5, 0.6) is 0 Å². The van der Waals surface area contributed by atoms with Gasteiger partial charge in [0, 0.05) is 10.6 Å². The number of carbonyl (C=O) groups is 2. The zero-order valence-electron chi connectivity index (χ0n) is 14.6. The minimum atomic E-state index is -0.273. The second-order valence-electron chi connectivity index (χ2n) is 6.33. The molecule has 2 heterocycles. The van der Waals surface area contributed by atoms with Crippen LogP contribution in [-0.4, -0.2) is 17.5 Å². The molecule has 1 aliphatic carbocycles. The van der Waals surface area contributed by atoms with E-state index in [1.54, 1.807) is 12.1 Å². The van der Waals surface area contributed by atoms with Gasteiger partial charge in [-0.25, -0.2) is 5.43 Å². The predicted molar refractivity (Wildman–Crippen MR) is 109 cm³/mol. The molecule has 0 aromatic carbocycles. The highest BCUT2D eigenvalue weighted by Crippen LogP contribution is 2.38. The van der Waals surface area contributed by atoms with E-state index in [2.05, 4.69) is 15.8 Å². The number of anilines is 1. The summed E-state index contributed by atoms with van der Waals surface area (Å²) in [7, 11) is 0. The fourth-order valence-electron chi connectivity index (χ4n) is 2.89. The summed E-state index contributed by atoms with van der Waals surface area (Å²) in [6.45, 7) is 3.63. The van der Waals surface area contributed by atoms with Crippen LogP contribution in [0.25, 0.3) is 0 Å². The van der Waals surface area contributed by atoms with Gasteiger partial charge in [-0.1, -0.05) is 18.0 Å². The maximum atomic E-state index is 12.8. The van der Waals surface area contributed by atoms with E-state index < -0.39 is 0 Å². The van der Waals surface area contributed by atoms with Gasteiger partial charge in [0.05, 0.1) is 14.8 Å². The normalized spacial score (nSPS) is 13.5. The number of halogens is 1. The number of hydrazone groups is 1. The summed E-state index contributed by atoms with van der Waals surface area (Å²) < 4.78 is 0.558. The molecular formula is C18H20ClN3O2S2. The van der Waals surface area contributed by atoms with Crippen molar-refractivity contribution in [2.24, 2.45) is 5.10 Å². The molecule has 0 saturated carbocycles. The third kappa shape index (κ3) is 4.34. The Kier molecular flexibility index (Phi) is 6.11. The Labute approximate surface area is 165 Å². The molecule has 26 heavy (non-hydrogen) atoms. The van der Waals surface area contributed by atoms with Crippen LogP contribution < -0.4 is 10.7 Å². The van der Waals surface area contributed by atoms with Crippen molar-refractivity contribution < 1.29 is 9.59 Å². The van der Waals surface area contributed by atoms with Gasteiger partial charge in [0.15, 0.2) is 0 Å². The molecule has 8 heteroatoms. The van der Waals surface area contributed by atoms with Gasteiger partial charge in [-0.3, -0.25) is 9.59 Å². The molecule has 0 unspecified atom stereocenters. The smallest absolute Gasteiger partial charge is 0.274 e. The first kappa shape index (κ1) is 19.1. The van der Waals surface area contributed by atoms with E-state index in [-0.39, 0.29) is 11.8 Å². The Morgan fingerprint density at radius 1 is 1.08 bits per heavy atom. The van der Waals surface area contributed by atoms with E-state index in [1.807, 2.05) is 13.8 Å². The van der Waals surface area contributed by atoms with Crippen molar-refractivity contribution in [3.63, 3.8) is 0 Å². The molecular weight excluding hydrogens is 390 g/mol. The second kappa shape index (κ2) is 8.33. The number of carbonyl (C=O) groups excluding carboxylic acids is 2. The monoisotopic (exact) mass is 409 g/mol. The molecule has 3 rings (SSSR count). The maximum absolute atomic E-state index is 12.8. The number of nitrogens with one attached hydrogen (secondary N) is 2. The highest BCUT2D eigenvalue weighted by molar-refractivity contribution is 7.18. The number of rotatable bonds is 4. The number of amides is 2.